The second kappa shape index (κ2) is 6.64. The summed E-state index contributed by atoms with van der Waals surface area (Å²) in [6, 6.07) is 11.2. The van der Waals surface area contributed by atoms with Crippen LogP contribution in [0.3, 0.4) is 0 Å². The first-order valence-electron chi connectivity index (χ1n) is 7.96. The van der Waals surface area contributed by atoms with E-state index in [4.69, 9.17) is 16.1 Å². The van der Waals surface area contributed by atoms with Gasteiger partial charge in [-0.25, -0.2) is 0 Å². The van der Waals surface area contributed by atoms with Gasteiger partial charge in [-0.15, -0.1) is 0 Å². The summed E-state index contributed by atoms with van der Waals surface area (Å²) in [6.07, 6.45) is 3.72. The van der Waals surface area contributed by atoms with E-state index in [-0.39, 0.29) is 11.8 Å². The lowest BCUT2D eigenvalue weighted by molar-refractivity contribution is -0.128. The molecule has 4 rings (SSSR count). The summed E-state index contributed by atoms with van der Waals surface area (Å²) in [5.74, 6) is 0.961. The fourth-order valence-electron chi connectivity index (χ4n) is 2.94. The Morgan fingerprint density at radius 2 is 2.00 bits per heavy atom. The predicted octanol–water partition coefficient (Wildman–Crippen LogP) is 3.30. The highest BCUT2D eigenvalue weighted by Crippen LogP contribution is 2.30. The van der Waals surface area contributed by atoms with Crippen LogP contribution in [0.15, 0.2) is 53.3 Å². The molecule has 0 N–H and O–H groups in total. The van der Waals surface area contributed by atoms with Crippen molar-refractivity contribution in [1.82, 2.24) is 20.0 Å². The van der Waals surface area contributed by atoms with Crippen LogP contribution in [0.4, 0.5) is 0 Å². The molecule has 3 heterocycles. The molecule has 0 saturated carbocycles. The average Bonchev–Trinajstić information content (AvgIpc) is 3.25. The second-order valence-corrected chi connectivity index (χ2v) is 6.37. The number of rotatable bonds is 4. The third kappa shape index (κ3) is 3.25. The quantitative estimate of drug-likeness (QED) is 0.718. The van der Waals surface area contributed by atoms with E-state index in [0.29, 0.717) is 36.2 Å². The van der Waals surface area contributed by atoms with Crippen LogP contribution < -0.4 is 0 Å². The molecule has 1 atom stereocenters. The van der Waals surface area contributed by atoms with Gasteiger partial charge in [0.05, 0.1) is 5.92 Å². The first kappa shape index (κ1) is 15.8. The van der Waals surface area contributed by atoms with Gasteiger partial charge in [-0.3, -0.25) is 9.78 Å². The zero-order valence-electron chi connectivity index (χ0n) is 13.3. The molecule has 7 heteroatoms. The van der Waals surface area contributed by atoms with Crippen molar-refractivity contribution in [3.8, 4) is 11.4 Å². The molecule has 0 radical (unpaired) electrons. The summed E-state index contributed by atoms with van der Waals surface area (Å²) >= 11 is 6.19. The number of aromatic nitrogens is 3. The lowest BCUT2D eigenvalue weighted by Gasteiger charge is -2.16. The molecule has 6 nitrogen and oxygen atoms in total. The highest BCUT2D eigenvalue weighted by atomic mass is 35.5. The number of halogens is 1. The summed E-state index contributed by atoms with van der Waals surface area (Å²) in [6.45, 7) is 1.03. The van der Waals surface area contributed by atoms with Gasteiger partial charge in [-0.2, -0.15) is 4.98 Å². The van der Waals surface area contributed by atoms with Crippen molar-refractivity contribution in [3.05, 3.63) is 65.3 Å². The zero-order chi connectivity index (χ0) is 17.2. The molecule has 126 valence electrons. The van der Waals surface area contributed by atoms with Crippen LogP contribution in [0, 0.1) is 0 Å². The van der Waals surface area contributed by atoms with Crippen molar-refractivity contribution in [2.24, 2.45) is 0 Å². The number of hydrogen-bond donors (Lipinski definition) is 0. The van der Waals surface area contributed by atoms with E-state index in [9.17, 15) is 4.79 Å². The van der Waals surface area contributed by atoms with Crippen molar-refractivity contribution in [3.63, 3.8) is 0 Å². The maximum atomic E-state index is 12.3. The lowest BCUT2D eigenvalue weighted by atomic mass is 10.1. The maximum Gasteiger partial charge on any atom is 0.232 e. The fraction of sp³-hybridized carbons (Fsp3) is 0.222. The standard InChI is InChI=1S/C18H15ClN4O2/c19-15-4-2-1-3-13(15)10-23-11-14(9-16(23)24)18-21-17(22-25-18)12-5-7-20-8-6-12/h1-8,14H,9-11H2. The van der Waals surface area contributed by atoms with Crippen LogP contribution >= 0.6 is 11.6 Å². The van der Waals surface area contributed by atoms with E-state index in [1.54, 1.807) is 17.3 Å². The molecule has 1 saturated heterocycles. The highest BCUT2D eigenvalue weighted by Gasteiger charge is 2.34. The van der Waals surface area contributed by atoms with Crippen LogP contribution in [-0.4, -0.2) is 32.5 Å². The summed E-state index contributed by atoms with van der Waals surface area (Å²) in [5, 5.41) is 4.68. The third-order valence-electron chi connectivity index (χ3n) is 4.26. The van der Waals surface area contributed by atoms with Gasteiger partial charge in [0.1, 0.15) is 0 Å². The number of amides is 1. The summed E-state index contributed by atoms with van der Waals surface area (Å²) in [4.78, 5) is 22.5. The highest BCUT2D eigenvalue weighted by molar-refractivity contribution is 6.31. The normalized spacial score (nSPS) is 17.2. The topological polar surface area (TPSA) is 72.1 Å². The summed E-state index contributed by atoms with van der Waals surface area (Å²) in [7, 11) is 0. The molecule has 1 aliphatic rings. The number of carbonyl (C=O) groups is 1. The molecule has 2 aromatic heterocycles. The molecule has 25 heavy (non-hydrogen) atoms. The minimum absolute atomic E-state index is 0.0635. The summed E-state index contributed by atoms with van der Waals surface area (Å²) < 4.78 is 5.39. The van der Waals surface area contributed by atoms with Crippen LogP contribution in [0.1, 0.15) is 23.8 Å². The predicted molar refractivity (Wildman–Crippen MR) is 91.8 cm³/mol. The number of pyridine rings is 1. The smallest absolute Gasteiger partial charge is 0.232 e. The van der Waals surface area contributed by atoms with Gasteiger partial charge in [0, 0.05) is 42.5 Å². The largest absolute Gasteiger partial charge is 0.339 e. The number of benzene rings is 1. The van der Waals surface area contributed by atoms with Crippen LogP contribution in [0.2, 0.25) is 5.02 Å². The third-order valence-corrected chi connectivity index (χ3v) is 4.63. The molecule has 1 fully saturated rings. The lowest BCUT2D eigenvalue weighted by Crippen LogP contribution is -2.24. The first-order valence-corrected chi connectivity index (χ1v) is 8.33. The second-order valence-electron chi connectivity index (χ2n) is 5.96. The molecule has 0 spiro atoms. The van der Waals surface area contributed by atoms with Crippen molar-refractivity contribution in [2.75, 3.05) is 6.54 Å². The SMILES string of the molecule is O=C1CC(c2nc(-c3ccncc3)no2)CN1Cc1ccccc1Cl. The van der Waals surface area contributed by atoms with Crippen molar-refractivity contribution < 1.29 is 9.32 Å². The Bertz CT molecular complexity index is 897. The van der Waals surface area contributed by atoms with E-state index in [1.807, 2.05) is 36.4 Å². The molecule has 0 aliphatic carbocycles. The monoisotopic (exact) mass is 354 g/mol. The van der Waals surface area contributed by atoms with E-state index in [2.05, 4.69) is 15.1 Å². The fourth-order valence-corrected chi connectivity index (χ4v) is 3.14. The number of carbonyl (C=O) groups excluding carboxylic acids is 1. The van der Waals surface area contributed by atoms with E-state index in [1.165, 1.54) is 0 Å². The molecule has 1 unspecified atom stereocenters. The van der Waals surface area contributed by atoms with E-state index < -0.39 is 0 Å². The van der Waals surface area contributed by atoms with Gasteiger partial charge in [-0.1, -0.05) is 35.0 Å². The molecule has 1 amide bonds. The first-order chi connectivity index (χ1) is 12.2. The van der Waals surface area contributed by atoms with Gasteiger partial charge >= 0.3 is 0 Å². The maximum absolute atomic E-state index is 12.3. The van der Waals surface area contributed by atoms with Gasteiger partial charge in [-0.05, 0) is 23.8 Å². The molecule has 0 bridgehead atoms. The Morgan fingerprint density at radius 3 is 2.80 bits per heavy atom. The zero-order valence-corrected chi connectivity index (χ0v) is 14.1. The Balaban J connectivity index is 1.49. The minimum atomic E-state index is -0.0990. The van der Waals surface area contributed by atoms with Gasteiger partial charge < -0.3 is 9.42 Å². The van der Waals surface area contributed by atoms with Gasteiger partial charge in [0.2, 0.25) is 17.6 Å². The van der Waals surface area contributed by atoms with Crippen LogP contribution in [0.25, 0.3) is 11.4 Å². The van der Waals surface area contributed by atoms with Crippen molar-refractivity contribution in [2.45, 2.75) is 18.9 Å². The number of nitrogens with zero attached hydrogens (tertiary/aromatic N) is 4. The van der Waals surface area contributed by atoms with E-state index >= 15 is 0 Å². The molecule has 3 aromatic rings. The number of likely N-dealkylation sites (tertiary alicyclic amines) is 1. The van der Waals surface area contributed by atoms with Gasteiger partial charge in [0.25, 0.3) is 0 Å². The Kier molecular flexibility index (Phi) is 4.19. The molecular formula is C18H15ClN4O2. The minimum Gasteiger partial charge on any atom is -0.339 e. The summed E-state index contributed by atoms with van der Waals surface area (Å²) in [5.41, 5.74) is 1.77. The average molecular weight is 355 g/mol. The Hall–Kier alpha value is -2.73. The number of hydrogen-bond acceptors (Lipinski definition) is 5. The Labute approximate surface area is 149 Å². The Morgan fingerprint density at radius 1 is 1.20 bits per heavy atom. The molecule has 1 aromatic carbocycles. The van der Waals surface area contributed by atoms with Crippen LogP contribution in [-0.2, 0) is 11.3 Å². The molecular weight excluding hydrogens is 340 g/mol. The molecule has 1 aliphatic heterocycles. The van der Waals surface area contributed by atoms with Crippen molar-refractivity contribution in [1.29, 1.82) is 0 Å². The van der Waals surface area contributed by atoms with Gasteiger partial charge in [0.15, 0.2) is 0 Å². The van der Waals surface area contributed by atoms with E-state index in [0.717, 1.165) is 11.1 Å². The van der Waals surface area contributed by atoms with Crippen molar-refractivity contribution >= 4 is 17.5 Å². The van der Waals surface area contributed by atoms with Crippen LogP contribution in [0.5, 0.6) is 0 Å².